The molecule has 2 heterocycles. The summed E-state index contributed by atoms with van der Waals surface area (Å²) >= 11 is 9.64. The van der Waals surface area contributed by atoms with E-state index in [0.717, 1.165) is 21.3 Å². The minimum Gasteiger partial charge on any atom is -0.493 e. The lowest BCUT2D eigenvalue weighted by Crippen LogP contribution is -2.41. The summed E-state index contributed by atoms with van der Waals surface area (Å²) in [5.74, 6) is 1.22. The fourth-order valence-corrected chi connectivity index (χ4v) is 5.28. The molecule has 33 heavy (non-hydrogen) atoms. The zero-order chi connectivity index (χ0) is 23.1. The van der Waals surface area contributed by atoms with Gasteiger partial charge in [0.25, 0.3) is 0 Å². The SMILES string of the molecule is COc1ccc(C2C3C(NNC3c3ccc(Br)cc3)C(=O)N2c2ccc(Cl)cc2)cc1OC. The maximum Gasteiger partial charge on any atom is 0.246 e. The zero-order valence-corrected chi connectivity index (χ0v) is 20.4. The summed E-state index contributed by atoms with van der Waals surface area (Å²) in [6, 6.07) is 20.7. The number of ether oxygens (including phenoxy) is 2. The standard InChI is InChI=1S/C25H23BrClN3O3/c1-32-19-12-5-15(13-20(19)33-2)24-21-22(14-3-6-16(26)7-4-14)28-29-23(21)25(31)30(24)18-10-8-17(27)9-11-18/h3-13,21-24,28-29H,1-2H3. The van der Waals surface area contributed by atoms with Crippen LogP contribution in [-0.2, 0) is 4.79 Å². The molecule has 6 nitrogen and oxygen atoms in total. The fourth-order valence-electron chi connectivity index (χ4n) is 4.89. The average Bonchev–Trinajstić information content (AvgIpc) is 3.39. The van der Waals surface area contributed by atoms with Crippen LogP contribution in [0.3, 0.4) is 0 Å². The molecule has 0 spiro atoms. The lowest BCUT2D eigenvalue weighted by Gasteiger charge is -2.31. The number of halogens is 2. The van der Waals surface area contributed by atoms with Gasteiger partial charge < -0.3 is 14.4 Å². The van der Waals surface area contributed by atoms with E-state index in [9.17, 15) is 4.79 Å². The van der Waals surface area contributed by atoms with E-state index in [0.29, 0.717) is 16.5 Å². The average molecular weight is 529 g/mol. The smallest absolute Gasteiger partial charge is 0.246 e. The first-order valence-corrected chi connectivity index (χ1v) is 11.8. The van der Waals surface area contributed by atoms with Gasteiger partial charge in [0, 0.05) is 21.1 Å². The van der Waals surface area contributed by atoms with E-state index in [1.54, 1.807) is 14.2 Å². The van der Waals surface area contributed by atoms with Gasteiger partial charge >= 0.3 is 0 Å². The molecule has 2 aliphatic rings. The Kier molecular flexibility index (Phi) is 6.05. The molecule has 0 bridgehead atoms. The highest BCUT2D eigenvalue weighted by atomic mass is 79.9. The number of hydrazine groups is 1. The number of anilines is 1. The minimum absolute atomic E-state index is 0.00854. The molecule has 1 amide bonds. The van der Waals surface area contributed by atoms with E-state index in [2.05, 4.69) is 38.9 Å². The lowest BCUT2D eigenvalue weighted by atomic mass is 9.83. The minimum atomic E-state index is -0.382. The summed E-state index contributed by atoms with van der Waals surface area (Å²) in [5.41, 5.74) is 9.50. The molecule has 0 aliphatic carbocycles. The molecule has 3 aromatic carbocycles. The Morgan fingerprint density at radius 2 is 1.48 bits per heavy atom. The van der Waals surface area contributed by atoms with Crippen LogP contribution < -0.4 is 25.2 Å². The first kappa shape index (κ1) is 22.2. The Balaban J connectivity index is 1.64. The van der Waals surface area contributed by atoms with Crippen molar-refractivity contribution in [3.63, 3.8) is 0 Å². The molecule has 170 valence electrons. The van der Waals surface area contributed by atoms with Gasteiger partial charge in [-0.15, -0.1) is 0 Å². The first-order valence-electron chi connectivity index (χ1n) is 10.6. The Hall–Kier alpha value is -2.58. The second kappa shape index (κ2) is 8.99. The van der Waals surface area contributed by atoms with E-state index >= 15 is 0 Å². The van der Waals surface area contributed by atoms with Gasteiger partial charge in [-0.1, -0.05) is 45.7 Å². The van der Waals surface area contributed by atoms with Crippen molar-refractivity contribution in [2.75, 3.05) is 19.1 Å². The quantitative estimate of drug-likeness (QED) is 0.486. The van der Waals surface area contributed by atoms with Crippen LogP contribution >= 0.6 is 27.5 Å². The Labute approximate surface area is 205 Å². The van der Waals surface area contributed by atoms with Gasteiger partial charge in [-0.2, -0.15) is 0 Å². The Bertz CT molecular complexity index is 1170. The van der Waals surface area contributed by atoms with E-state index in [4.69, 9.17) is 21.1 Å². The lowest BCUT2D eigenvalue weighted by molar-refractivity contribution is -0.119. The molecule has 4 atom stereocenters. The predicted molar refractivity (Wildman–Crippen MR) is 132 cm³/mol. The number of rotatable bonds is 5. The van der Waals surface area contributed by atoms with Gasteiger partial charge in [-0.05, 0) is 59.7 Å². The number of nitrogens with zero attached hydrogens (tertiary/aromatic N) is 1. The van der Waals surface area contributed by atoms with Crippen molar-refractivity contribution < 1.29 is 14.3 Å². The predicted octanol–water partition coefficient (Wildman–Crippen LogP) is 5.04. The molecule has 0 aromatic heterocycles. The second-order valence-corrected chi connectivity index (χ2v) is 9.47. The number of methoxy groups -OCH3 is 2. The number of fused-ring (bicyclic) bond motifs is 1. The zero-order valence-electron chi connectivity index (χ0n) is 18.1. The third kappa shape index (κ3) is 3.89. The molecule has 3 aromatic rings. The van der Waals surface area contributed by atoms with Crippen molar-refractivity contribution in [3.8, 4) is 11.5 Å². The van der Waals surface area contributed by atoms with Crippen molar-refractivity contribution in [2.24, 2.45) is 5.92 Å². The monoisotopic (exact) mass is 527 g/mol. The maximum absolute atomic E-state index is 13.7. The Morgan fingerprint density at radius 1 is 0.848 bits per heavy atom. The van der Waals surface area contributed by atoms with Crippen molar-refractivity contribution in [1.29, 1.82) is 0 Å². The van der Waals surface area contributed by atoms with Gasteiger partial charge in [-0.3, -0.25) is 4.79 Å². The molecule has 2 N–H and O–H groups in total. The molecular formula is C25H23BrClN3O3. The molecule has 0 saturated carbocycles. The highest BCUT2D eigenvalue weighted by Gasteiger charge is 2.56. The summed E-state index contributed by atoms with van der Waals surface area (Å²) in [4.78, 5) is 15.6. The van der Waals surface area contributed by atoms with Crippen LogP contribution in [0.15, 0.2) is 71.2 Å². The number of hydrogen-bond acceptors (Lipinski definition) is 5. The largest absolute Gasteiger partial charge is 0.493 e. The number of carbonyl (C=O) groups excluding carboxylic acids is 1. The summed E-state index contributed by atoms with van der Waals surface area (Å²) in [5, 5.41) is 0.626. The summed E-state index contributed by atoms with van der Waals surface area (Å²) in [6.45, 7) is 0. The van der Waals surface area contributed by atoms with E-state index < -0.39 is 0 Å². The number of benzene rings is 3. The van der Waals surface area contributed by atoms with E-state index in [-0.39, 0.29) is 30.0 Å². The van der Waals surface area contributed by atoms with Crippen molar-refractivity contribution >= 4 is 39.1 Å². The Morgan fingerprint density at radius 3 is 2.15 bits per heavy atom. The van der Waals surface area contributed by atoms with E-state index in [1.807, 2.05) is 59.5 Å². The second-order valence-electron chi connectivity index (χ2n) is 8.12. The van der Waals surface area contributed by atoms with E-state index in [1.165, 1.54) is 0 Å². The van der Waals surface area contributed by atoms with Gasteiger partial charge in [-0.25, -0.2) is 10.9 Å². The molecule has 2 aliphatic heterocycles. The van der Waals surface area contributed by atoms with Crippen LogP contribution in [-0.4, -0.2) is 26.2 Å². The van der Waals surface area contributed by atoms with Gasteiger partial charge in [0.15, 0.2) is 11.5 Å². The topological polar surface area (TPSA) is 62.8 Å². The number of carbonyl (C=O) groups is 1. The first-order chi connectivity index (χ1) is 16.0. The van der Waals surface area contributed by atoms with Crippen LogP contribution in [0.4, 0.5) is 5.69 Å². The number of nitrogens with one attached hydrogen (secondary N) is 2. The van der Waals surface area contributed by atoms with Crippen LogP contribution in [0.25, 0.3) is 0 Å². The van der Waals surface area contributed by atoms with Crippen LogP contribution in [0.5, 0.6) is 11.5 Å². The number of amides is 1. The van der Waals surface area contributed by atoms with Crippen LogP contribution in [0.1, 0.15) is 23.2 Å². The summed E-state index contributed by atoms with van der Waals surface area (Å²) < 4.78 is 12.0. The normalized spacial score (nSPS) is 24.1. The molecular weight excluding hydrogens is 506 g/mol. The number of hydrogen-bond donors (Lipinski definition) is 2. The van der Waals surface area contributed by atoms with Crippen LogP contribution in [0.2, 0.25) is 5.02 Å². The fraction of sp³-hybridized carbons (Fsp3) is 0.240. The highest BCUT2D eigenvalue weighted by Crippen LogP contribution is 2.50. The molecule has 8 heteroatoms. The van der Waals surface area contributed by atoms with Crippen molar-refractivity contribution in [2.45, 2.75) is 18.1 Å². The molecule has 5 rings (SSSR count). The van der Waals surface area contributed by atoms with Gasteiger partial charge in [0.1, 0.15) is 6.04 Å². The molecule has 2 saturated heterocycles. The van der Waals surface area contributed by atoms with Crippen LogP contribution in [0, 0.1) is 5.92 Å². The highest BCUT2D eigenvalue weighted by molar-refractivity contribution is 9.10. The maximum atomic E-state index is 13.7. The van der Waals surface area contributed by atoms with Gasteiger partial charge in [0.05, 0.1) is 26.3 Å². The third-order valence-corrected chi connectivity index (χ3v) is 7.17. The molecule has 4 unspecified atom stereocenters. The van der Waals surface area contributed by atoms with Crippen molar-refractivity contribution in [3.05, 3.63) is 87.4 Å². The molecule has 0 radical (unpaired) electrons. The summed E-state index contributed by atoms with van der Waals surface area (Å²) in [6.07, 6.45) is 0. The van der Waals surface area contributed by atoms with Gasteiger partial charge in [0.2, 0.25) is 5.91 Å². The molecule has 2 fully saturated rings. The summed E-state index contributed by atoms with van der Waals surface area (Å²) in [7, 11) is 3.23. The third-order valence-electron chi connectivity index (χ3n) is 6.39. The van der Waals surface area contributed by atoms with Crippen molar-refractivity contribution in [1.82, 2.24) is 10.9 Å².